The van der Waals surface area contributed by atoms with Gasteiger partial charge in [-0.3, -0.25) is 14.4 Å². The van der Waals surface area contributed by atoms with Gasteiger partial charge in [-0.25, -0.2) is 4.98 Å². The highest BCUT2D eigenvalue weighted by Gasteiger charge is 2.36. The molecule has 29 heavy (non-hydrogen) atoms. The molecule has 0 spiro atoms. The Morgan fingerprint density at radius 1 is 1.31 bits per heavy atom. The molecule has 1 N–H and O–H groups in total. The van der Waals surface area contributed by atoms with Gasteiger partial charge in [-0.1, -0.05) is 17.4 Å². The van der Waals surface area contributed by atoms with E-state index in [2.05, 4.69) is 10.3 Å². The van der Waals surface area contributed by atoms with Crippen LogP contribution in [0.25, 0.3) is 0 Å². The zero-order valence-corrected chi connectivity index (χ0v) is 17.9. The Bertz CT molecular complexity index is 969. The molecule has 154 valence electrons. The van der Waals surface area contributed by atoms with E-state index in [1.54, 1.807) is 33.0 Å². The lowest BCUT2D eigenvalue weighted by atomic mass is 10.1. The summed E-state index contributed by atoms with van der Waals surface area (Å²) >= 11 is 1.14. The topological polar surface area (TPSA) is 91.8 Å². The van der Waals surface area contributed by atoms with E-state index in [4.69, 9.17) is 4.74 Å². The van der Waals surface area contributed by atoms with E-state index < -0.39 is 5.92 Å². The number of nitrogens with one attached hydrogen (secondary N) is 1. The maximum atomic E-state index is 12.7. The van der Waals surface area contributed by atoms with Gasteiger partial charge in [0.25, 0.3) is 5.91 Å². The molecule has 1 aromatic carbocycles. The number of hydrogen-bond donors (Lipinski definition) is 1. The molecular weight excluding hydrogens is 392 g/mol. The first-order chi connectivity index (χ1) is 13.7. The third kappa shape index (κ3) is 4.24. The molecule has 1 aliphatic rings. The third-order valence-electron chi connectivity index (χ3n) is 4.75. The number of benzene rings is 1. The predicted octanol–water partition coefficient (Wildman–Crippen LogP) is 2.46. The molecule has 2 aromatic rings. The van der Waals surface area contributed by atoms with Gasteiger partial charge in [-0.15, -0.1) is 0 Å². The maximum absolute atomic E-state index is 12.7. The van der Waals surface area contributed by atoms with Crippen molar-refractivity contribution in [2.24, 2.45) is 5.92 Å². The zero-order valence-electron chi connectivity index (χ0n) is 17.1. The van der Waals surface area contributed by atoms with Crippen molar-refractivity contribution in [3.63, 3.8) is 0 Å². The number of aromatic nitrogens is 1. The van der Waals surface area contributed by atoms with Gasteiger partial charge in [-0.05, 0) is 31.5 Å². The Balaban J connectivity index is 1.74. The van der Waals surface area contributed by atoms with Gasteiger partial charge in [0.15, 0.2) is 5.13 Å². The summed E-state index contributed by atoms with van der Waals surface area (Å²) in [4.78, 5) is 45.3. The highest BCUT2D eigenvalue weighted by Crippen LogP contribution is 2.34. The number of amides is 3. The summed E-state index contributed by atoms with van der Waals surface area (Å²) in [6, 6.07) is 5.60. The smallest absolute Gasteiger partial charge is 0.265 e. The predicted molar refractivity (Wildman–Crippen MR) is 112 cm³/mol. The van der Waals surface area contributed by atoms with Crippen LogP contribution >= 0.6 is 11.3 Å². The van der Waals surface area contributed by atoms with Gasteiger partial charge >= 0.3 is 0 Å². The third-order valence-corrected chi connectivity index (χ3v) is 5.81. The molecule has 0 bridgehead atoms. The molecule has 1 saturated heterocycles. The van der Waals surface area contributed by atoms with Crippen molar-refractivity contribution in [3.8, 4) is 5.75 Å². The molecule has 1 unspecified atom stereocenters. The van der Waals surface area contributed by atoms with E-state index in [0.717, 1.165) is 16.9 Å². The average Bonchev–Trinajstić information content (AvgIpc) is 3.23. The lowest BCUT2D eigenvalue weighted by molar-refractivity contribution is -0.122. The van der Waals surface area contributed by atoms with Crippen LogP contribution in [-0.2, 0) is 9.59 Å². The van der Waals surface area contributed by atoms with Crippen LogP contribution in [-0.4, -0.2) is 55.4 Å². The summed E-state index contributed by atoms with van der Waals surface area (Å²) in [5.74, 6) is -0.496. The van der Waals surface area contributed by atoms with Crippen molar-refractivity contribution in [2.75, 3.05) is 38.0 Å². The summed E-state index contributed by atoms with van der Waals surface area (Å²) < 4.78 is 5.37. The number of aryl methyl sites for hydroxylation is 2. The Morgan fingerprint density at radius 3 is 2.69 bits per heavy atom. The number of carbonyl (C=O) groups is 3. The standard InChI is InChI=1S/C20H24N4O4S/c1-11-6-7-15(28-5)14(8-11)24-10-13(9-16(24)25)18(26)22-20-21-12(2)17(29-20)19(27)23(3)4/h6-8,13H,9-10H2,1-5H3,(H,21,22,26). The van der Waals surface area contributed by atoms with Gasteiger partial charge in [0.1, 0.15) is 10.6 Å². The van der Waals surface area contributed by atoms with Crippen molar-refractivity contribution >= 4 is 39.9 Å². The van der Waals surface area contributed by atoms with E-state index in [1.807, 2.05) is 25.1 Å². The summed E-state index contributed by atoms with van der Waals surface area (Å²) in [5.41, 5.74) is 2.23. The van der Waals surface area contributed by atoms with Crippen LogP contribution in [0.2, 0.25) is 0 Å². The quantitative estimate of drug-likeness (QED) is 0.808. The van der Waals surface area contributed by atoms with E-state index in [1.165, 1.54) is 4.90 Å². The minimum atomic E-state index is -0.509. The van der Waals surface area contributed by atoms with Gasteiger partial charge in [-0.2, -0.15) is 0 Å². The van der Waals surface area contributed by atoms with Crippen molar-refractivity contribution in [1.29, 1.82) is 0 Å². The lowest BCUT2D eigenvalue weighted by Crippen LogP contribution is -2.28. The van der Waals surface area contributed by atoms with Crippen LogP contribution in [0.1, 0.15) is 27.3 Å². The fourth-order valence-corrected chi connectivity index (χ4v) is 4.18. The first-order valence-electron chi connectivity index (χ1n) is 9.16. The Labute approximate surface area is 173 Å². The number of rotatable bonds is 5. The molecule has 1 aromatic heterocycles. The Morgan fingerprint density at radius 2 is 2.03 bits per heavy atom. The van der Waals surface area contributed by atoms with E-state index in [-0.39, 0.29) is 30.7 Å². The van der Waals surface area contributed by atoms with Gasteiger partial charge in [0, 0.05) is 27.1 Å². The zero-order chi connectivity index (χ0) is 21.3. The summed E-state index contributed by atoms with van der Waals surface area (Å²) in [6.07, 6.45) is 0.108. The SMILES string of the molecule is COc1ccc(C)cc1N1CC(C(=O)Nc2nc(C)c(C(=O)N(C)C)s2)CC1=O. The van der Waals surface area contributed by atoms with Crippen molar-refractivity contribution in [3.05, 3.63) is 34.3 Å². The van der Waals surface area contributed by atoms with Crippen molar-refractivity contribution in [2.45, 2.75) is 20.3 Å². The fraction of sp³-hybridized carbons (Fsp3) is 0.400. The van der Waals surface area contributed by atoms with Crippen LogP contribution in [0.15, 0.2) is 18.2 Å². The Kier molecular flexibility index (Phi) is 5.88. The minimum absolute atomic E-state index is 0.108. The summed E-state index contributed by atoms with van der Waals surface area (Å²) in [5, 5.41) is 3.12. The molecular formula is C20H24N4O4S. The van der Waals surface area contributed by atoms with Gasteiger partial charge < -0.3 is 19.9 Å². The molecule has 1 fully saturated rings. The monoisotopic (exact) mass is 416 g/mol. The molecule has 0 aliphatic carbocycles. The Hall–Kier alpha value is -2.94. The van der Waals surface area contributed by atoms with Crippen molar-refractivity contribution in [1.82, 2.24) is 9.88 Å². The second-order valence-corrected chi connectivity index (χ2v) is 8.20. The summed E-state index contributed by atoms with van der Waals surface area (Å²) in [6.45, 7) is 3.93. The normalized spacial score (nSPS) is 16.1. The van der Waals surface area contributed by atoms with Gasteiger partial charge in [0.2, 0.25) is 11.8 Å². The van der Waals surface area contributed by atoms with Gasteiger partial charge in [0.05, 0.1) is 24.4 Å². The van der Waals surface area contributed by atoms with E-state index in [9.17, 15) is 14.4 Å². The molecule has 3 amide bonds. The first-order valence-corrected chi connectivity index (χ1v) is 9.97. The number of nitrogens with zero attached hydrogens (tertiary/aromatic N) is 3. The van der Waals surface area contributed by atoms with Crippen LogP contribution < -0.4 is 15.0 Å². The van der Waals surface area contributed by atoms with Crippen LogP contribution in [0.3, 0.4) is 0 Å². The molecule has 1 atom stereocenters. The first kappa shape index (κ1) is 20.8. The molecule has 2 heterocycles. The van der Waals surface area contributed by atoms with E-state index in [0.29, 0.717) is 27.1 Å². The second kappa shape index (κ2) is 8.20. The molecule has 3 rings (SSSR count). The van der Waals surface area contributed by atoms with E-state index >= 15 is 0 Å². The van der Waals surface area contributed by atoms with Crippen LogP contribution in [0.4, 0.5) is 10.8 Å². The fourth-order valence-electron chi connectivity index (χ4n) is 3.19. The van der Waals surface area contributed by atoms with Crippen LogP contribution in [0, 0.1) is 19.8 Å². The molecule has 1 aliphatic heterocycles. The number of carbonyl (C=O) groups excluding carboxylic acids is 3. The maximum Gasteiger partial charge on any atom is 0.265 e. The number of thiazole rings is 1. The number of ether oxygens (including phenoxy) is 1. The van der Waals surface area contributed by atoms with Crippen LogP contribution in [0.5, 0.6) is 5.75 Å². The largest absolute Gasteiger partial charge is 0.495 e. The highest BCUT2D eigenvalue weighted by atomic mass is 32.1. The number of hydrogen-bond acceptors (Lipinski definition) is 6. The molecule has 8 nitrogen and oxygen atoms in total. The lowest BCUT2D eigenvalue weighted by Gasteiger charge is -2.20. The minimum Gasteiger partial charge on any atom is -0.495 e. The number of methoxy groups -OCH3 is 1. The average molecular weight is 417 g/mol. The molecule has 0 saturated carbocycles. The molecule has 9 heteroatoms. The molecule has 0 radical (unpaired) electrons. The number of anilines is 2. The van der Waals surface area contributed by atoms with Crippen molar-refractivity contribution < 1.29 is 19.1 Å². The highest BCUT2D eigenvalue weighted by molar-refractivity contribution is 7.17. The second-order valence-electron chi connectivity index (χ2n) is 7.20. The summed E-state index contributed by atoms with van der Waals surface area (Å²) in [7, 11) is 4.88.